The lowest BCUT2D eigenvalue weighted by molar-refractivity contribution is -0.180. The Morgan fingerprint density at radius 2 is 2.07 bits per heavy atom. The first-order chi connectivity index (χ1) is 12.7. The minimum absolute atomic E-state index is 0.0165. The highest BCUT2D eigenvalue weighted by atomic mass is 16.5. The van der Waals surface area contributed by atoms with Gasteiger partial charge in [0, 0.05) is 23.8 Å². The van der Waals surface area contributed by atoms with Gasteiger partial charge in [0.15, 0.2) is 5.78 Å². The first-order valence-electron chi connectivity index (χ1n) is 10.2. The van der Waals surface area contributed by atoms with Crippen LogP contribution in [0.3, 0.4) is 0 Å². The molecule has 2 fully saturated rings. The van der Waals surface area contributed by atoms with Crippen molar-refractivity contribution in [3.05, 3.63) is 23.7 Å². The highest BCUT2D eigenvalue weighted by Crippen LogP contribution is 2.63. The van der Waals surface area contributed by atoms with Crippen molar-refractivity contribution in [1.82, 2.24) is 0 Å². The maximum atomic E-state index is 13.4. The Kier molecular flexibility index (Phi) is 4.30. The molecule has 0 aliphatic heterocycles. The average Bonchev–Trinajstić information content (AvgIpc) is 3.05. The van der Waals surface area contributed by atoms with E-state index in [0.29, 0.717) is 6.42 Å². The van der Waals surface area contributed by atoms with Gasteiger partial charge < -0.3 is 14.3 Å². The van der Waals surface area contributed by atoms with Crippen LogP contribution in [0, 0.1) is 28.6 Å². The molecule has 3 aliphatic carbocycles. The molecule has 3 aliphatic rings. The molecule has 4 rings (SSSR count). The standard InChI is InChI=1S/C22H30O5/c1-5-26-20(25)15-12-7-10-27-14(12)11-13-16(15)17(23)18(24)19-21(2,3)8-6-9-22(13,19)4/h7,10,13,15-17,19,23H,5-6,8-9,11H2,1-4H3/t13-,15+,16+,17+,19-,22+/m0/s1. The molecule has 1 aromatic heterocycles. The van der Waals surface area contributed by atoms with Crippen molar-refractivity contribution < 1.29 is 23.8 Å². The summed E-state index contributed by atoms with van der Waals surface area (Å²) in [5, 5.41) is 11.1. The first-order valence-corrected chi connectivity index (χ1v) is 10.2. The fraction of sp³-hybridized carbons (Fsp3) is 0.727. The van der Waals surface area contributed by atoms with Crippen LogP contribution in [0.2, 0.25) is 0 Å². The van der Waals surface area contributed by atoms with Crippen molar-refractivity contribution in [1.29, 1.82) is 0 Å². The van der Waals surface area contributed by atoms with E-state index < -0.39 is 17.9 Å². The van der Waals surface area contributed by atoms with Crippen LogP contribution in [0.4, 0.5) is 0 Å². The number of hydrogen-bond acceptors (Lipinski definition) is 5. The summed E-state index contributed by atoms with van der Waals surface area (Å²) in [5.41, 5.74) is 0.371. The molecule has 5 heteroatoms. The Morgan fingerprint density at radius 3 is 2.78 bits per heavy atom. The Balaban J connectivity index is 1.85. The molecule has 0 saturated heterocycles. The van der Waals surface area contributed by atoms with Gasteiger partial charge in [-0.05, 0) is 42.6 Å². The monoisotopic (exact) mass is 374 g/mol. The zero-order chi connectivity index (χ0) is 19.6. The lowest BCUT2D eigenvalue weighted by atomic mass is 9.42. The van der Waals surface area contributed by atoms with Crippen LogP contribution >= 0.6 is 0 Å². The first kappa shape index (κ1) is 18.7. The second-order valence-corrected chi connectivity index (χ2v) is 9.54. The van der Waals surface area contributed by atoms with Crippen molar-refractivity contribution in [3.63, 3.8) is 0 Å². The van der Waals surface area contributed by atoms with Crippen molar-refractivity contribution in [2.24, 2.45) is 28.6 Å². The number of aliphatic hydroxyl groups is 1. The van der Waals surface area contributed by atoms with E-state index in [-0.39, 0.29) is 41.0 Å². The lowest BCUT2D eigenvalue weighted by Crippen LogP contribution is -2.64. The fourth-order valence-corrected chi connectivity index (χ4v) is 6.74. The molecule has 0 unspecified atom stereocenters. The van der Waals surface area contributed by atoms with Crippen LogP contribution in [0.25, 0.3) is 0 Å². The Bertz CT molecular complexity index is 763. The van der Waals surface area contributed by atoms with E-state index in [1.165, 1.54) is 0 Å². The summed E-state index contributed by atoms with van der Waals surface area (Å²) >= 11 is 0. The molecule has 0 spiro atoms. The van der Waals surface area contributed by atoms with E-state index in [9.17, 15) is 14.7 Å². The summed E-state index contributed by atoms with van der Waals surface area (Å²) in [7, 11) is 0. The third-order valence-electron chi connectivity index (χ3n) is 7.68. The Morgan fingerprint density at radius 1 is 1.33 bits per heavy atom. The molecular weight excluding hydrogens is 344 g/mol. The van der Waals surface area contributed by atoms with Gasteiger partial charge in [-0.2, -0.15) is 0 Å². The second-order valence-electron chi connectivity index (χ2n) is 9.54. The highest BCUT2D eigenvalue weighted by molar-refractivity contribution is 5.90. The van der Waals surface area contributed by atoms with E-state index in [4.69, 9.17) is 9.15 Å². The molecule has 1 heterocycles. The topological polar surface area (TPSA) is 76.7 Å². The number of hydrogen-bond donors (Lipinski definition) is 1. The van der Waals surface area contributed by atoms with Gasteiger partial charge in [0.25, 0.3) is 0 Å². The van der Waals surface area contributed by atoms with E-state index in [2.05, 4.69) is 20.8 Å². The molecule has 2 saturated carbocycles. The average molecular weight is 374 g/mol. The van der Waals surface area contributed by atoms with Crippen molar-refractivity contribution in [2.75, 3.05) is 6.61 Å². The van der Waals surface area contributed by atoms with Gasteiger partial charge in [-0.3, -0.25) is 9.59 Å². The van der Waals surface area contributed by atoms with Crippen molar-refractivity contribution in [3.8, 4) is 0 Å². The Labute approximate surface area is 160 Å². The van der Waals surface area contributed by atoms with E-state index in [1.807, 2.05) is 0 Å². The summed E-state index contributed by atoms with van der Waals surface area (Å²) < 4.78 is 11.1. The van der Waals surface area contributed by atoms with Crippen LogP contribution in [0.5, 0.6) is 0 Å². The van der Waals surface area contributed by atoms with E-state index in [1.54, 1.807) is 19.3 Å². The molecule has 6 atom stereocenters. The van der Waals surface area contributed by atoms with Gasteiger partial charge in [-0.1, -0.05) is 27.2 Å². The molecule has 1 N–H and O–H groups in total. The Hall–Kier alpha value is -1.62. The molecular formula is C22H30O5. The maximum absolute atomic E-state index is 13.4. The number of rotatable bonds is 2. The normalized spacial score (nSPS) is 39.9. The third kappa shape index (κ3) is 2.54. The minimum atomic E-state index is -1.14. The van der Waals surface area contributed by atoms with Crippen LogP contribution in [-0.2, 0) is 20.7 Å². The number of esters is 1. The molecule has 27 heavy (non-hydrogen) atoms. The molecule has 0 aromatic carbocycles. The summed E-state index contributed by atoms with van der Waals surface area (Å²) in [4.78, 5) is 26.3. The number of carbonyl (C=O) groups excluding carboxylic acids is 2. The van der Waals surface area contributed by atoms with E-state index in [0.717, 1.165) is 30.6 Å². The van der Waals surface area contributed by atoms with E-state index >= 15 is 0 Å². The number of Topliss-reactive ketones (excluding diaryl/α,β-unsaturated/α-hetero) is 1. The summed E-state index contributed by atoms with van der Waals surface area (Å²) in [5.74, 6) is -0.920. The number of aliphatic hydroxyl groups excluding tert-OH is 1. The van der Waals surface area contributed by atoms with Gasteiger partial charge in [-0.15, -0.1) is 0 Å². The molecule has 0 radical (unpaired) electrons. The molecule has 148 valence electrons. The summed E-state index contributed by atoms with van der Waals surface area (Å²) in [6.45, 7) is 8.53. The van der Waals surface area contributed by atoms with Gasteiger partial charge in [-0.25, -0.2) is 0 Å². The van der Waals surface area contributed by atoms with Gasteiger partial charge in [0.05, 0.1) is 18.8 Å². The maximum Gasteiger partial charge on any atom is 0.313 e. The smallest absolute Gasteiger partial charge is 0.313 e. The SMILES string of the molecule is CCOC(=O)[C@@H]1c2ccoc2C[C@H]2[C@H]1[C@@H](O)C(=O)[C@H]1C(C)(C)CCC[C@]21C. The van der Waals surface area contributed by atoms with Gasteiger partial charge in [0.2, 0.25) is 0 Å². The molecule has 5 nitrogen and oxygen atoms in total. The van der Waals surface area contributed by atoms with Crippen LogP contribution in [0.15, 0.2) is 16.7 Å². The van der Waals surface area contributed by atoms with Crippen LogP contribution in [-0.4, -0.2) is 29.6 Å². The fourth-order valence-electron chi connectivity index (χ4n) is 6.74. The van der Waals surface area contributed by atoms with Crippen molar-refractivity contribution >= 4 is 11.8 Å². The molecule has 0 amide bonds. The zero-order valence-electron chi connectivity index (χ0n) is 16.7. The largest absolute Gasteiger partial charge is 0.469 e. The quantitative estimate of drug-likeness (QED) is 0.802. The highest BCUT2D eigenvalue weighted by Gasteiger charge is 2.65. The zero-order valence-corrected chi connectivity index (χ0v) is 16.7. The summed E-state index contributed by atoms with van der Waals surface area (Å²) in [6.07, 6.45) is 4.11. The number of carbonyl (C=O) groups is 2. The minimum Gasteiger partial charge on any atom is -0.469 e. The second kappa shape index (κ2) is 6.20. The lowest BCUT2D eigenvalue weighted by Gasteiger charge is -2.61. The van der Waals surface area contributed by atoms with Gasteiger partial charge >= 0.3 is 5.97 Å². The third-order valence-corrected chi connectivity index (χ3v) is 7.68. The van der Waals surface area contributed by atoms with Crippen LogP contribution in [0.1, 0.15) is 64.2 Å². The predicted molar refractivity (Wildman–Crippen MR) is 99.0 cm³/mol. The van der Waals surface area contributed by atoms with Crippen molar-refractivity contribution in [2.45, 2.75) is 65.4 Å². The number of ether oxygens (including phenoxy) is 1. The number of fused-ring (bicyclic) bond motifs is 4. The summed E-state index contributed by atoms with van der Waals surface area (Å²) in [6, 6.07) is 1.80. The number of ketones is 1. The van der Waals surface area contributed by atoms with Crippen LogP contribution < -0.4 is 0 Å². The molecule has 1 aromatic rings. The predicted octanol–water partition coefficient (Wildman–Crippen LogP) is 3.49. The van der Waals surface area contributed by atoms with Gasteiger partial charge in [0.1, 0.15) is 11.9 Å². The number of furan rings is 1. The molecule has 0 bridgehead atoms.